The van der Waals surface area contributed by atoms with E-state index in [0.29, 0.717) is 19.2 Å². The van der Waals surface area contributed by atoms with E-state index < -0.39 is 17.2 Å². The fourth-order valence-corrected chi connectivity index (χ4v) is 3.44. The summed E-state index contributed by atoms with van der Waals surface area (Å²) >= 11 is 0. The lowest BCUT2D eigenvalue weighted by molar-refractivity contribution is -0.0670. The number of aliphatic hydroxyl groups is 1. The van der Waals surface area contributed by atoms with Gasteiger partial charge in [0.1, 0.15) is 29.6 Å². The maximum Gasteiger partial charge on any atom is 0.134 e. The summed E-state index contributed by atoms with van der Waals surface area (Å²) in [6.45, 7) is 1.93. The van der Waals surface area contributed by atoms with Crippen LogP contribution in [0.5, 0.6) is 5.75 Å². The van der Waals surface area contributed by atoms with Gasteiger partial charge in [-0.1, -0.05) is 12.8 Å². The van der Waals surface area contributed by atoms with E-state index in [1.165, 1.54) is 12.8 Å². The first kappa shape index (κ1) is 16.6. The van der Waals surface area contributed by atoms with E-state index in [1.54, 1.807) is 0 Å². The van der Waals surface area contributed by atoms with Crippen molar-refractivity contribution < 1.29 is 23.4 Å². The topological polar surface area (TPSA) is 41.9 Å². The van der Waals surface area contributed by atoms with Gasteiger partial charge < -0.3 is 14.6 Å². The van der Waals surface area contributed by atoms with Gasteiger partial charge in [0.25, 0.3) is 0 Å². The molecule has 6 heteroatoms. The van der Waals surface area contributed by atoms with Crippen molar-refractivity contribution in [2.24, 2.45) is 0 Å². The molecule has 2 fully saturated rings. The number of nitrogens with zero attached hydrogens (tertiary/aromatic N) is 1. The maximum absolute atomic E-state index is 13.2. The number of ether oxygens (including phenoxy) is 2. The fraction of sp³-hybridized carbons (Fsp3) is 0.647. The highest BCUT2D eigenvalue weighted by Crippen LogP contribution is 2.26. The van der Waals surface area contributed by atoms with Gasteiger partial charge in [0.15, 0.2) is 0 Å². The molecule has 0 spiro atoms. The van der Waals surface area contributed by atoms with Crippen molar-refractivity contribution in [3.63, 3.8) is 0 Å². The zero-order valence-electron chi connectivity index (χ0n) is 13.1. The summed E-state index contributed by atoms with van der Waals surface area (Å²) in [4.78, 5) is 2.26. The molecule has 1 heterocycles. The van der Waals surface area contributed by atoms with E-state index in [-0.39, 0.29) is 19.0 Å². The van der Waals surface area contributed by atoms with E-state index >= 15 is 0 Å². The first-order valence-corrected chi connectivity index (χ1v) is 8.17. The third-order valence-electron chi connectivity index (χ3n) is 4.58. The van der Waals surface area contributed by atoms with Crippen LogP contribution in [0, 0.1) is 11.6 Å². The van der Waals surface area contributed by atoms with Gasteiger partial charge in [0.2, 0.25) is 0 Å². The average Bonchev–Trinajstić information content (AvgIpc) is 2.95. The third-order valence-corrected chi connectivity index (χ3v) is 4.58. The van der Waals surface area contributed by atoms with Crippen LogP contribution in [-0.2, 0) is 4.74 Å². The minimum atomic E-state index is -1.18. The van der Waals surface area contributed by atoms with Crippen LogP contribution in [0.25, 0.3) is 0 Å². The van der Waals surface area contributed by atoms with Gasteiger partial charge in [0, 0.05) is 37.3 Å². The Hall–Kier alpha value is -1.24. The normalized spacial score (nSPS) is 27.1. The van der Waals surface area contributed by atoms with Crippen molar-refractivity contribution in [1.82, 2.24) is 4.90 Å². The van der Waals surface area contributed by atoms with Gasteiger partial charge in [-0.25, -0.2) is 8.78 Å². The van der Waals surface area contributed by atoms with Gasteiger partial charge in [0.05, 0.1) is 13.2 Å². The third kappa shape index (κ3) is 4.40. The number of halogens is 2. The Bertz CT molecular complexity index is 516. The van der Waals surface area contributed by atoms with Crippen LogP contribution in [0.1, 0.15) is 25.7 Å². The first-order chi connectivity index (χ1) is 11.0. The molecule has 1 aromatic rings. The van der Waals surface area contributed by atoms with Crippen molar-refractivity contribution in [1.29, 1.82) is 0 Å². The Kier molecular flexibility index (Phi) is 5.14. The first-order valence-electron chi connectivity index (χ1n) is 8.17. The van der Waals surface area contributed by atoms with E-state index in [4.69, 9.17) is 9.47 Å². The second-order valence-corrected chi connectivity index (χ2v) is 6.58. The molecular weight excluding hydrogens is 304 g/mol. The predicted octanol–water partition coefficient (Wildman–Crippen LogP) is 2.35. The average molecular weight is 327 g/mol. The van der Waals surface area contributed by atoms with Crippen molar-refractivity contribution in [2.45, 2.75) is 37.3 Å². The molecule has 0 aromatic heterocycles. The van der Waals surface area contributed by atoms with Gasteiger partial charge in [-0.2, -0.15) is 0 Å². The van der Waals surface area contributed by atoms with Crippen molar-refractivity contribution >= 4 is 0 Å². The lowest BCUT2D eigenvalue weighted by atomic mass is 10.0. The zero-order chi connectivity index (χ0) is 16.3. The molecule has 0 amide bonds. The molecule has 128 valence electrons. The second kappa shape index (κ2) is 7.11. The molecule has 1 aliphatic heterocycles. The summed E-state index contributed by atoms with van der Waals surface area (Å²) in [5.41, 5.74) is -1.18. The minimum absolute atomic E-state index is 0.0564. The highest BCUT2D eigenvalue weighted by Gasteiger charge is 2.36. The number of hydrogen-bond donors (Lipinski definition) is 1. The van der Waals surface area contributed by atoms with E-state index in [1.807, 2.05) is 0 Å². The minimum Gasteiger partial charge on any atom is -0.490 e. The number of benzene rings is 1. The quantitative estimate of drug-likeness (QED) is 0.922. The molecule has 23 heavy (non-hydrogen) atoms. The summed E-state index contributed by atoms with van der Waals surface area (Å²) in [5.74, 6) is -1.32. The number of β-amino-alcohol motifs (C(OH)–C–C–N with tert-alkyl or cyclic N) is 1. The summed E-state index contributed by atoms with van der Waals surface area (Å²) in [5, 5.41) is 10.8. The Morgan fingerprint density at radius 3 is 2.61 bits per heavy atom. The molecule has 4 nitrogen and oxygen atoms in total. The van der Waals surface area contributed by atoms with Crippen molar-refractivity contribution in [3.05, 3.63) is 29.8 Å². The summed E-state index contributed by atoms with van der Waals surface area (Å²) < 4.78 is 37.4. The molecule has 2 aliphatic rings. The van der Waals surface area contributed by atoms with Crippen LogP contribution in [0.15, 0.2) is 18.2 Å². The van der Waals surface area contributed by atoms with Crippen molar-refractivity contribution in [2.75, 3.05) is 32.9 Å². The van der Waals surface area contributed by atoms with Crippen LogP contribution >= 0.6 is 0 Å². The molecule has 1 saturated carbocycles. The van der Waals surface area contributed by atoms with E-state index in [0.717, 1.165) is 37.6 Å². The summed E-state index contributed by atoms with van der Waals surface area (Å²) in [6.07, 6.45) is 4.73. The van der Waals surface area contributed by atoms with Crippen LogP contribution in [0.4, 0.5) is 8.78 Å². The molecule has 1 saturated heterocycles. The molecule has 0 bridgehead atoms. The molecule has 1 aliphatic carbocycles. The van der Waals surface area contributed by atoms with Crippen LogP contribution < -0.4 is 4.74 Å². The smallest absolute Gasteiger partial charge is 0.134 e. The number of hydrogen-bond acceptors (Lipinski definition) is 4. The van der Waals surface area contributed by atoms with Gasteiger partial charge in [-0.3, -0.25) is 4.90 Å². The molecule has 0 radical (unpaired) electrons. The molecule has 1 N–H and O–H groups in total. The molecule has 1 aromatic carbocycles. The summed E-state index contributed by atoms with van der Waals surface area (Å²) in [7, 11) is 0. The molecular formula is C17H23F2NO3. The Labute approximate surface area is 135 Å². The maximum atomic E-state index is 13.2. The largest absolute Gasteiger partial charge is 0.490 e. The lowest BCUT2D eigenvalue weighted by Crippen LogP contribution is -2.51. The van der Waals surface area contributed by atoms with Gasteiger partial charge in [-0.15, -0.1) is 0 Å². The summed E-state index contributed by atoms with van der Waals surface area (Å²) in [6, 6.07) is 3.49. The predicted molar refractivity (Wildman–Crippen MR) is 81.5 cm³/mol. The molecule has 0 unspecified atom stereocenters. The van der Waals surface area contributed by atoms with Gasteiger partial charge in [-0.05, 0) is 12.8 Å². The highest BCUT2D eigenvalue weighted by atomic mass is 19.1. The van der Waals surface area contributed by atoms with Crippen LogP contribution in [-0.4, -0.2) is 54.6 Å². The Morgan fingerprint density at radius 1 is 1.22 bits per heavy atom. The van der Waals surface area contributed by atoms with Crippen LogP contribution in [0.3, 0.4) is 0 Å². The van der Waals surface area contributed by atoms with Crippen molar-refractivity contribution in [3.8, 4) is 5.75 Å². The second-order valence-electron chi connectivity index (χ2n) is 6.58. The lowest BCUT2D eigenvalue weighted by Gasteiger charge is -2.33. The zero-order valence-corrected chi connectivity index (χ0v) is 13.1. The molecule has 3 rings (SSSR count). The highest BCUT2D eigenvalue weighted by molar-refractivity contribution is 5.24. The number of rotatable bonds is 4. The van der Waals surface area contributed by atoms with Gasteiger partial charge >= 0.3 is 0 Å². The SMILES string of the molecule is O[C@@]1(COc2cc(F)cc(F)c2)COCCN(C2CCCC2)C1. The monoisotopic (exact) mass is 327 g/mol. The standard InChI is InChI=1S/C17H23F2NO3/c18-13-7-14(19)9-16(8-13)23-12-17(21)10-20(5-6-22-11-17)15-3-1-2-4-15/h7-9,15,21H,1-6,10-12H2/t17-/m1/s1. The fourth-order valence-electron chi connectivity index (χ4n) is 3.44. The Balaban J connectivity index is 1.64. The Morgan fingerprint density at radius 2 is 1.91 bits per heavy atom. The van der Waals surface area contributed by atoms with E-state index in [9.17, 15) is 13.9 Å². The van der Waals surface area contributed by atoms with E-state index in [2.05, 4.69) is 4.90 Å². The molecule has 1 atom stereocenters. The van der Waals surface area contributed by atoms with Crippen LogP contribution in [0.2, 0.25) is 0 Å².